The van der Waals surface area contributed by atoms with Crippen molar-refractivity contribution in [2.24, 2.45) is 5.92 Å². The van der Waals surface area contributed by atoms with Crippen LogP contribution in [0.3, 0.4) is 0 Å². The Kier molecular flexibility index (Phi) is 5.90. The number of aryl methyl sites for hydroxylation is 1. The highest BCUT2D eigenvalue weighted by Crippen LogP contribution is 2.21. The van der Waals surface area contributed by atoms with Crippen LogP contribution in [-0.4, -0.2) is 77.5 Å². The highest BCUT2D eigenvalue weighted by molar-refractivity contribution is 7.89. The fourth-order valence-electron chi connectivity index (χ4n) is 3.27. The molecule has 1 N–H and O–H groups in total. The monoisotopic (exact) mass is 372 g/mol. The molecule has 0 aliphatic carbocycles. The summed E-state index contributed by atoms with van der Waals surface area (Å²) in [5.41, 5.74) is 3.04. The third-order valence-corrected chi connectivity index (χ3v) is 6.87. The number of hydrogen-bond donors (Lipinski definition) is 1. The Labute approximate surface area is 149 Å². The maximum atomic E-state index is 12.6. The number of amides is 1. The van der Waals surface area contributed by atoms with Crippen molar-refractivity contribution in [3.05, 3.63) is 17.0 Å². The molecule has 1 amide bonds. The van der Waals surface area contributed by atoms with E-state index in [2.05, 4.69) is 12.0 Å². The second-order valence-corrected chi connectivity index (χ2v) is 9.08. The van der Waals surface area contributed by atoms with Gasteiger partial charge in [0.05, 0.1) is 17.6 Å². The van der Waals surface area contributed by atoms with E-state index in [0.29, 0.717) is 0 Å². The van der Waals surface area contributed by atoms with Gasteiger partial charge in [0.25, 0.3) is 0 Å². The van der Waals surface area contributed by atoms with E-state index in [1.54, 1.807) is 4.68 Å². The number of hydrogen-bond acceptors (Lipinski definition) is 5. The molecule has 0 spiro atoms. The molecule has 0 bridgehead atoms. The summed E-state index contributed by atoms with van der Waals surface area (Å²) >= 11 is 0. The Morgan fingerprint density at radius 3 is 2.48 bits per heavy atom. The Morgan fingerprint density at radius 2 is 1.96 bits per heavy atom. The number of aliphatic hydroxyl groups is 1. The molecule has 0 saturated carbocycles. The Morgan fingerprint density at radius 1 is 1.32 bits per heavy atom. The molecule has 0 aromatic carbocycles. The summed E-state index contributed by atoms with van der Waals surface area (Å²) in [4.78, 5) is 14.1. The van der Waals surface area contributed by atoms with Crippen LogP contribution in [0.1, 0.15) is 23.9 Å². The third kappa shape index (κ3) is 4.21. The zero-order valence-electron chi connectivity index (χ0n) is 15.6. The van der Waals surface area contributed by atoms with Crippen LogP contribution < -0.4 is 0 Å². The standard InChI is InChI=1S/C16H28N4O4S/c1-6-14-11(2)17-20(12(14)3)9-16(22)19-7-13(15(21)8-19)10-25(23,24)18(4)5/h13,15,21H,6-10H2,1-5H3/t13-,15+/m0/s1. The van der Waals surface area contributed by atoms with Crippen LogP contribution in [0.15, 0.2) is 0 Å². The zero-order chi connectivity index (χ0) is 18.9. The summed E-state index contributed by atoms with van der Waals surface area (Å²) < 4.78 is 26.9. The Balaban J connectivity index is 2.05. The van der Waals surface area contributed by atoms with Gasteiger partial charge in [-0.1, -0.05) is 6.92 Å². The van der Waals surface area contributed by atoms with E-state index in [9.17, 15) is 18.3 Å². The minimum Gasteiger partial charge on any atom is -0.391 e. The second-order valence-electron chi connectivity index (χ2n) is 6.85. The van der Waals surface area contributed by atoms with Crippen LogP contribution in [0.2, 0.25) is 0 Å². The summed E-state index contributed by atoms with van der Waals surface area (Å²) in [5, 5.41) is 14.6. The molecule has 1 aromatic heterocycles. The first-order chi connectivity index (χ1) is 11.6. The van der Waals surface area contributed by atoms with Crippen molar-refractivity contribution in [1.29, 1.82) is 0 Å². The average molecular weight is 372 g/mol. The van der Waals surface area contributed by atoms with E-state index in [1.165, 1.54) is 19.0 Å². The van der Waals surface area contributed by atoms with E-state index in [1.807, 2.05) is 13.8 Å². The molecule has 1 aliphatic heterocycles. The van der Waals surface area contributed by atoms with Gasteiger partial charge < -0.3 is 10.0 Å². The van der Waals surface area contributed by atoms with E-state index in [4.69, 9.17) is 0 Å². The smallest absolute Gasteiger partial charge is 0.244 e. The van der Waals surface area contributed by atoms with Gasteiger partial charge in [-0.3, -0.25) is 9.48 Å². The molecule has 1 saturated heterocycles. The number of aliphatic hydroxyl groups excluding tert-OH is 1. The lowest BCUT2D eigenvalue weighted by Crippen LogP contribution is -2.34. The number of nitrogens with zero attached hydrogens (tertiary/aromatic N) is 4. The number of likely N-dealkylation sites (tertiary alicyclic amines) is 1. The van der Waals surface area contributed by atoms with Crippen LogP contribution in [0.25, 0.3) is 0 Å². The summed E-state index contributed by atoms with van der Waals surface area (Å²) in [6.45, 7) is 6.42. The molecule has 2 rings (SSSR count). The maximum absolute atomic E-state index is 12.6. The number of aromatic nitrogens is 2. The molecule has 1 fully saturated rings. The first-order valence-corrected chi connectivity index (χ1v) is 10.1. The summed E-state index contributed by atoms with van der Waals surface area (Å²) in [7, 11) is -0.485. The SMILES string of the molecule is CCc1c(C)nn(CC(=O)N2C[C@@H](CS(=O)(=O)N(C)C)[C@H](O)C2)c1C. The molecule has 25 heavy (non-hydrogen) atoms. The number of rotatable bonds is 6. The molecule has 2 heterocycles. The summed E-state index contributed by atoms with van der Waals surface area (Å²) in [5.74, 6) is -0.787. The van der Waals surface area contributed by atoms with Crippen molar-refractivity contribution in [2.45, 2.75) is 39.8 Å². The van der Waals surface area contributed by atoms with Crippen molar-refractivity contribution in [1.82, 2.24) is 19.0 Å². The van der Waals surface area contributed by atoms with Gasteiger partial charge in [-0.05, 0) is 25.8 Å². The van der Waals surface area contributed by atoms with Crippen LogP contribution in [0.5, 0.6) is 0 Å². The van der Waals surface area contributed by atoms with E-state index in [0.717, 1.165) is 27.7 Å². The molecule has 1 aliphatic rings. The highest BCUT2D eigenvalue weighted by Gasteiger charge is 2.37. The predicted molar refractivity (Wildman–Crippen MR) is 94.6 cm³/mol. The molecular weight excluding hydrogens is 344 g/mol. The summed E-state index contributed by atoms with van der Waals surface area (Å²) in [6.07, 6.45) is 0.0315. The second kappa shape index (κ2) is 7.43. The van der Waals surface area contributed by atoms with Crippen molar-refractivity contribution < 1.29 is 18.3 Å². The average Bonchev–Trinajstić information content (AvgIpc) is 2.99. The van der Waals surface area contributed by atoms with Gasteiger partial charge in [0.15, 0.2) is 0 Å². The Bertz CT molecular complexity index is 742. The van der Waals surface area contributed by atoms with Crippen LogP contribution in [0.4, 0.5) is 0 Å². The number of carbonyl (C=O) groups excluding carboxylic acids is 1. The molecular formula is C16H28N4O4S. The largest absolute Gasteiger partial charge is 0.391 e. The van der Waals surface area contributed by atoms with E-state index >= 15 is 0 Å². The molecule has 8 nitrogen and oxygen atoms in total. The van der Waals surface area contributed by atoms with Gasteiger partial charge in [-0.2, -0.15) is 5.10 Å². The van der Waals surface area contributed by atoms with Crippen molar-refractivity contribution in [3.8, 4) is 0 Å². The first kappa shape index (κ1) is 19.9. The minimum absolute atomic E-state index is 0.104. The van der Waals surface area contributed by atoms with Crippen LogP contribution >= 0.6 is 0 Å². The molecule has 0 radical (unpaired) electrons. The normalized spacial score (nSPS) is 21.3. The van der Waals surface area contributed by atoms with Gasteiger partial charge in [-0.25, -0.2) is 12.7 Å². The lowest BCUT2D eigenvalue weighted by Gasteiger charge is -2.18. The molecule has 9 heteroatoms. The van der Waals surface area contributed by atoms with Gasteiger partial charge in [0.2, 0.25) is 15.9 Å². The number of sulfonamides is 1. The number of β-amino-alcohol motifs (C(OH)–C–C–N with tert-alkyl or cyclic N) is 1. The highest BCUT2D eigenvalue weighted by atomic mass is 32.2. The molecule has 0 unspecified atom stereocenters. The van der Waals surface area contributed by atoms with E-state index < -0.39 is 22.0 Å². The van der Waals surface area contributed by atoms with Crippen molar-refractivity contribution in [3.63, 3.8) is 0 Å². The van der Waals surface area contributed by atoms with E-state index in [-0.39, 0.29) is 31.3 Å². The lowest BCUT2D eigenvalue weighted by atomic mass is 10.1. The summed E-state index contributed by atoms with van der Waals surface area (Å²) in [6, 6.07) is 0. The van der Waals surface area contributed by atoms with Gasteiger partial charge in [0, 0.05) is 38.8 Å². The molecule has 2 atom stereocenters. The van der Waals surface area contributed by atoms with Crippen molar-refractivity contribution in [2.75, 3.05) is 32.9 Å². The van der Waals surface area contributed by atoms with Gasteiger partial charge >= 0.3 is 0 Å². The number of carbonyl (C=O) groups is 1. The topological polar surface area (TPSA) is 95.7 Å². The fraction of sp³-hybridized carbons (Fsp3) is 0.750. The third-order valence-electron chi connectivity index (χ3n) is 4.91. The Hall–Kier alpha value is -1.45. The van der Waals surface area contributed by atoms with Gasteiger partial charge in [0.1, 0.15) is 6.54 Å². The molecule has 1 aromatic rings. The van der Waals surface area contributed by atoms with Crippen molar-refractivity contribution >= 4 is 15.9 Å². The molecule has 142 valence electrons. The van der Waals surface area contributed by atoms with Crippen LogP contribution in [0, 0.1) is 19.8 Å². The zero-order valence-corrected chi connectivity index (χ0v) is 16.4. The predicted octanol–water partition coefficient (Wildman–Crippen LogP) is -0.227. The van der Waals surface area contributed by atoms with Gasteiger partial charge in [-0.15, -0.1) is 0 Å². The first-order valence-electron chi connectivity index (χ1n) is 8.45. The minimum atomic E-state index is -3.42. The fourth-order valence-corrected chi connectivity index (χ4v) is 4.44. The lowest BCUT2D eigenvalue weighted by molar-refractivity contribution is -0.131. The van der Waals surface area contributed by atoms with Crippen LogP contribution in [-0.2, 0) is 27.8 Å². The maximum Gasteiger partial charge on any atom is 0.244 e. The quantitative estimate of drug-likeness (QED) is 0.744.